The first-order valence-electron chi connectivity index (χ1n) is 6.60. The molecule has 1 saturated heterocycles. The topological polar surface area (TPSA) is 41.1 Å². The molecule has 17 heavy (non-hydrogen) atoms. The highest BCUT2D eigenvalue weighted by molar-refractivity contribution is 4.98. The Balaban J connectivity index is 0.000000686. The van der Waals surface area contributed by atoms with Gasteiger partial charge >= 0.3 is 0 Å². The molecule has 0 saturated carbocycles. The van der Waals surface area contributed by atoms with Crippen LogP contribution in [0.25, 0.3) is 0 Å². The molecule has 98 valence electrons. The molecule has 0 amide bonds. The second kappa shape index (κ2) is 8.25. The van der Waals surface area contributed by atoms with Crippen LogP contribution in [0.2, 0.25) is 0 Å². The molecule has 0 spiro atoms. The van der Waals surface area contributed by atoms with E-state index in [1.54, 1.807) is 13.4 Å². The maximum Gasteiger partial charge on any atom is 0.0921 e. The largest absolute Gasteiger partial charge is 0.383 e. The zero-order valence-corrected chi connectivity index (χ0v) is 11.3. The van der Waals surface area contributed by atoms with Crippen LogP contribution in [0.4, 0.5) is 0 Å². The first kappa shape index (κ1) is 14.2. The summed E-state index contributed by atoms with van der Waals surface area (Å²) in [5.41, 5.74) is 1.20. The minimum Gasteiger partial charge on any atom is -0.383 e. The first-order chi connectivity index (χ1) is 8.40. The van der Waals surface area contributed by atoms with Crippen LogP contribution >= 0.6 is 0 Å². The molecule has 4 nitrogen and oxygen atoms in total. The van der Waals surface area contributed by atoms with Gasteiger partial charge in [-0.15, -0.1) is 0 Å². The van der Waals surface area contributed by atoms with E-state index in [0.29, 0.717) is 6.04 Å². The maximum absolute atomic E-state index is 5.29. The predicted molar refractivity (Wildman–Crippen MR) is 70.1 cm³/mol. The zero-order valence-electron chi connectivity index (χ0n) is 11.3. The molecule has 1 unspecified atom stereocenters. The first-order valence-corrected chi connectivity index (χ1v) is 6.60. The molecule has 1 aliphatic rings. The molecular formula is C13H25N3O. The Hall–Kier alpha value is -0.870. The summed E-state index contributed by atoms with van der Waals surface area (Å²) < 4.78 is 5.29. The van der Waals surface area contributed by atoms with Gasteiger partial charge in [0.1, 0.15) is 0 Å². The van der Waals surface area contributed by atoms with Gasteiger partial charge in [-0.3, -0.25) is 4.90 Å². The number of likely N-dealkylation sites (tertiary alicyclic amines) is 1. The highest BCUT2D eigenvalue weighted by atomic mass is 16.5. The molecule has 0 aliphatic carbocycles. The van der Waals surface area contributed by atoms with Gasteiger partial charge in [-0.05, 0) is 25.9 Å². The summed E-state index contributed by atoms with van der Waals surface area (Å²) in [6, 6.07) is 0.498. The van der Waals surface area contributed by atoms with Gasteiger partial charge in [-0.25, -0.2) is 4.98 Å². The molecule has 2 rings (SSSR count). The van der Waals surface area contributed by atoms with Crippen LogP contribution in [0.3, 0.4) is 0 Å². The van der Waals surface area contributed by atoms with Crippen LogP contribution in [0.5, 0.6) is 0 Å². The second-order valence-corrected chi connectivity index (χ2v) is 4.13. The number of nitrogens with one attached hydrogen (secondary N) is 1. The fraction of sp³-hybridized carbons (Fsp3) is 0.769. The lowest BCUT2D eigenvalue weighted by Crippen LogP contribution is -2.38. The lowest BCUT2D eigenvalue weighted by molar-refractivity contribution is 0.105. The predicted octanol–water partition coefficient (Wildman–Crippen LogP) is 2.09. The molecule has 0 radical (unpaired) electrons. The number of rotatable bonds is 5. The third kappa shape index (κ3) is 4.48. The lowest BCUT2D eigenvalue weighted by atomic mass is 10.1. The number of ether oxygens (including phenoxy) is 1. The van der Waals surface area contributed by atoms with E-state index in [2.05, 4.69) is 14.9 Å². The van der Waals surface area contributed by atoms with Crippen molar-refractivity contribution in [1.82, 2.24) is 14.9 Å². The number of aromatic nitrogens is 2. The molecule has 2 heterocycles. The van der Waals surface area contributed by atoms with Crippen molar-refractivity contribution in [3.05, 3.63) is 18.2 Å². The van der Waals surface area contributed by atoms with E-state index >= 15 is 0 Å². The van der Waals surface area contributed by atoms with Gasteiger partial charge in [-0.1, -0.05) is 13.8 Å². The summed E-state index contributed by atoms with van der Waals surface area (Å²) in [7, 11) is 1.77. The monoisotopic (exact) mass is 239 g/mol. The van der Waals surface area contributed by atoms with Crippen molar-refractivity contribution < 1.29 is 4.74 Å². The third-order valence-corrected chi connectivity index (χ3v) is 3.03. The Morgan fingerprint density at radius 3 is 2.65 bits per heavy atom. The number of nitrogens with zero attached hydrogens (tertiary/aromatic N) is 2. The van der Waals surface area contributed by atoms with Crippen molar-refractivity contribution in [2.45, 2.75) is 39.2 Å². The van der Waals surface area contributed by atoms with E-state index in [9.17, 15) is 0 Å². The van der Waals surface area contributed by atoms with Gasteiger partial charge in [0.15, 0.2) is 0 Å². The van der Waals surface area contributed by atoms with Gasteiger partial charge in [0.2, 0.25) is 0 Å². The Bertz CT molecular complexity index is 268. The third-order valence-electron chi connectivity index (χ3n) is 3.03. The standard InChI is InChI=1S/C11H19N3O.C2H6/c1-15-8-11(14-4-2-3-5-14)6-10-7-12-9-13-10;1-2/h7,9,11H,2-6,8H2,1H3,(H,12,13);1-2H3. The minimum absolute atomic E-state index is 0.498. The average molecular weight is 239 g/mol. The smallest absolute Gasteiger partial charge is 0.0921 e. The summed E-state index contributed by atoms with van der Waals surface area (Å²) in [5.74, 6) is 0. The molecule has 0 bridgehead atoms. The Labute approximate surface area is 104 Å². The van der Waals surface area contributed by atoms with Crippen LogP contribution in [0, 0.1) is 0 Å². The quantitative estimate of drug-likeness (QED) is 0.855. The number of hydrogen-bond acceptors (Lipinski definition) is 3. The molecular weight excluding hydrogens is 214 g/mol. The van der Waals surface area contributed by atoms with Crippen molar-refractivity contribution in [1.29, 1.82) is 0 Å². The summed E-state index contributed by atoms with van der Waals surface area (Å²) in [4.78, 5) is 9.72. The van der Waals surface area contributed by atoms with Crippen molar-refractivity contribution >= 4 is 0 Å². The molecule has 1 aliphatic heterocycles. The van der Waals surface area contributed by atoms with Gasteiger partial charge in [-0.2, -0.15) is 0 Å². The van der Waals surface area contributed by atoms with Crippen LogP contribution < -0.4 is 0 Å². The fourth-order valence-electron chi connectivity index (χ4n) is 2.24. The molecule has 1 aromatic heterocycles. The Kier molecular flexibility index (Phi) is 6.89. The van der Waals surface area contributed by atoms with Gasteiger partial charge in [0, 0.05) is 31.5 Å². The number of hydrogen-bond donors (Lipinski definition) is 1. The summed E-state index contributed by atoms with van der Waals surface area (Å²) >= 11 is 0. The van der Waals surface area contributed by atoms with Crippen molar-refractivity contribution in [3.63, 3.8) is 0 Å². The SMILES string of the molecule is CC.COCC(Cc1cnc[nH]1)N1CCCC1. The van der Waals surface area contributed by atoms with Crippen LogP contribution in [0.1, 0.15) is 32.4 Å². The maximum atomic E-state index is 5.29. The van der Waals surface area contributed by atoms with Crippen molar-refractivity contribution in [2.75, 3.05) is 26.8 Å². The molecule has 1 aromatic rings. The summed E-state index contributed by atoms with van der Waals surface area (Å²) in [6.07, 6.45) is 7.29. The van der Waals surface area contributed by atoms with E-state index in [4.69, 9.17) is 4.74 Å². The van der Waals surface area contributed by atoms with Crippen molar-refractivity contribution in [3.8, 4) is 0 Å². The van der Waals surface area contributed by atoms with Gasteiger partial charge in [0.05, 0.1) is 12.9 Å². The lowest BCUT2D eigenvalue weighted by Gasteiger charge is -2.26. The fourth-order valence-corrected chi connectivity index (χ4v) is 2.24. The highest BCUT2D eigenvalue weighted by Crippen LogP contribution is 2.14. The van der Waals surface area contributed by atoms with E-state index in [-0.39, 0.29) is 0 Å². The molecule has 1 fully saturated rings. The van der Waals surface area contributed by atoms with Crippen LogP contribution in [0.15, 0.2) is 12.5 Å². The number of aromatic amines is 1. The van der Waals surface area contributed by atoms with E-state index < -0.39 is 0 Å². The van der Waals surface area contributed by atoms with Crippen molar-refractivity contribution in [2.24, 2.45) is 0 Å². The van der Waals surface area contributed by atoms with Gasteiger partial charge < -0.3 is 9.72 Å². The number of H-pyrrole nitrogens is 1. The number of imidazole rings is 1. The summed E-state index contributed by atoms with van der Waals surface area (Å²) in [6.45, 7) is 7.23. The molecule has 4 heteroatoms. The Morgan fingerprint density at radius 2 is 2.12 bits per heavy atom. The Morgan fingerprint density at radius 1 is 1.41 bits per heavy atom. The zero-order chi connectivity index (χ0) is 12.5. The van der Waals surface area contributed by atoms with Gasteiger partial charge in [0.25, 0.3) is 0 Å². The minimum atomic E-state index is 0.498. The summed E-state index contributed by atoms with van der Waals surface area (Å²) in [5, 5.41) is 0. The highest BCUT2D eigenvalue weighted by Gasteiger charge is 2.22. The van der Waals surface area contributed by atoms with E-state index in [1.807, 2.05) is 20.0 Å². The molecule has 0 aromatic carbocycles. The van der Waals surface area contributed by atoms with E-state index in [1.165, 1.54) is 31.6 Å². The van der Waals surface area contributed by atoms with Crippen LogP contribution in [-0.4, -0.2) is 47.7 Å². The second-order valence-electron chi connectivity index (χ2n) is 4.13. The molecule has 1 N–H and O–H groups in total. The van der Waals surface area contributed by atoms with Crippen LogP contribution in [-0.2, 0) is 11.2 Å². The van der Waals surface area contributed by atoms with E-state index in [0.717, 1.165) is 13.0 Å². The normalized spacial score (nSPS) is 17.6. The average Bonchev–Trinajstić information content (AvgIpc) is 3.04. The number of methoxy groups -OCH3 is 1. The molecule has 1 atom stereocenters.